The number of benzene rings is 1. The number of nitrogens with zero attached hydrogens (tertiary/aromatic N) is 2. The highest BCUT2D eigenvalue weighted by atomic mass is 35.5. The zero-order valence-corrected chi connectivity index (χ0v) is 9.73. The van der Waals surface area contributed by atoms with Crippen molar-refractivity contribution in [2.75, 3.05) is 5.32 Å². The number of nitrogens with two attached hydrogens (primary N) is 1. The van der Waals surface area contributed by atoms with Crippen LogP contribution >= 0.6 is 11.6 Å². The van der Waals surface area contributed by atoms with Gasteiger partial charge in [0.2, 0.25) is 5.91 Å². The van der Waals surface area contributed by atoms with Crippen LogP contribution in [0.1, 0.15) is 20.8 Å². The average molecular weight is 266 g/mol. The van der Waals surface area contributed by atoms with Crippen molar-refractivity contribution in [3.05, 3.63) is 40.7 Å². The Hall–Kier alpha value is -2.41. The van der Waals surface area contributed by atoms with E-state index in [4.69, 9.17) is 17.3 Å². The van der Waals surface area contributed by atoms with Crippen molar-refractivity contribution in [1.29, 1.82) is 0 Å². The van der Waals surface area contributed by atoms with Crippen molar-refractivity contribution in [3.63, 3.8) is 0 Å². The molecule has 0 aliphatic heterocycles. The lowest BCUT2D eigenvalue weighted by atomic mass is 10.2. The van der Waals surface area contributed by atoms with Gasteiger partial charge < -0.3 is 11.1 Å². The molecular formula is C10H8ClN5O2. The summed E-state index contributed by atoms with van der Waals surface area (Å²) in [7, 11) is 0. The lowest BCUT2D eigenvalue weighted by Gasteiger charge is -2.05. The number of nitrogens with one attached hydrogen (secondary N) is 2. The van der Waals surface area contributed by atoms with Gasteiger partial charge in [0, 0.05) is 5.69 Å². The highest BCUT2D eigenvalue weighted by Gasteiger charge is 2.12. The predicted molar refractivity (Wildman–Crippen MR) is 64.3 cm³/mol. The van der Waals surface area contributed by atoms with Gasteiger partial charge in [0.25, 0.3) is 5.91 Å². The van der Waals surface area contributed by atoms with Crippen LogP contribution in [0, 0.1) is 0 Å². The second kappa shape index (κ2) is 4.84. The molecular weight excluding hydrogens is 258 g/mol. The van der Waals surface area contributed by atoms with Crippen LogP contribution in [0.2, 0.25) is 5.02 Å². The van der Waals surface area contributed by atoms with E-state index in [9.17, 15) is 9.59 Å². The molecule has 0 saturated carbocycles. The van der Waals surface area contributed by atoms with Crippen LogP contribution in [0.4, 0.5) is 5.69 Å². The molecule has 1 aromatic carbocycles. The molecule has 0 saturated heterocycles. The summed E-state index contributed by atoms with van der Waals surface area (Å²) < 4.78 is 0. The molecule has 18 heavy (non-hydrogen) atoms. The molecule has 8 heteroatoms. The predicted octanol–water partition coefficient (Wildman–Crippen LogP) is 0.809. The van der Waals surface area contributed by atoms with E-state index in [-0.39, 0.29) is 16.3 Å². The minimum Gasteiger partial charge on any atom is -0.366 e. The van der Waals surface area contributed by atoms with E-state index in [1.54, 1.807) is 6.07 Å². The zero-order valence-electron chi connectivity index (χ0n) is 8.98. The van der Waals surface area contributed by atoms with Crippen molar-refractivity contribution in [1.82, 2.24) is 15.4 Å². The normalized spacial score (nSPS) is 10.1. The van der Waals surface area contributed by atoms with E-state index in [1.807, 2.05) is 0 Å². The zero-order chi connectivity index (χ0) is 13.1. The second-order valence-electron chi connectivity index (χ2n) is 3.37. The van der Waals surface area contributed by atoms with E-state index in [1.165, 1.54) is 18.3 Å². The van der Waals surface area contributed by atoms with Gasteiger partial charge in [0.1, 0.15) is 0 Å². The number of anilines is 1. The lowest BCUT2D eigenvalue weighted by molar-refractivity contribution is 0.0995. The molecule has 2 rings (SSSR count). The minimum absolute atomic E-state index is 0.130. The van der Waals surface area contributed by atoms with Crippen LogP contribution in [0.5, 0.6) is 0 Å². The van der Waals surface area contributed by atoms with Gasteiger partial charge in [-0.1, -0.05) is 11.6 Å². The highest BCUT2D eigenvalue weighted by Crippen LogP contribution is 2.20. The number of amides is 2. The summed E-state index contributed by atoms with van der Waals surface area (Å²) >= 11 is 5.79. The third-order valence-corrected chi connectivity index (χ3v) is 2.47. The Morgan fingerprint density at radius 2 is 2.17 bits per heavy atom. The summed E-state index contributed by atoms with van der Waals surface area (Å²) in [5.41, 5.74) is 5.80. The van der Waals surface area contributed by atoms with Gasteiger partial charge in [-0.25, -0.2) is 0 Å². The average Bonchev–Trinajstić information content (AvgIpc) is 2.85. The Kier molecular flexibility index (Phi) is 3.24. The SMILES string of the molecule is NC(=O)c1cc(NC(=O)c2cn[nH]n2)ccc1Cl. The van der Waals surface area contributed by atoms with E-state index in [2.05, 4.69) is 20.7 Å². The molecule has 1 aromatic heterocycles. The van der Waals surface area contributed by atoms with Crippen LogP contribution in [0.3, 0.4) is 0 Å². The first kappa shape index (κ1) is 12.1. The molecule has 0 aliphatic carbocycles. The van der Waals surface area contributed by atoms with Crippen LogP contribution in [0.25, 0.3) is 0 Å². The lowest BCUT2D eigenvalue weighted by Crippen LogP contribution is -2.15. The van der Waals surface area contributed by atoms with Crippen molar-refractivity contribution in [3.8, 4) is 0 Å². The molecule has 0 aliphatic rings. The topological polar surface area (TPSA) is 114 Å². The number of carbonyl (C=O) groups is 2. The van der Waals surface area contributed by atoms with Crippen molar-refractivity contribution in [2.45, 2.75) is 0 Å². The van der Waals surface area contributed by atoms with Gasteiger partial charge in [-0.3, -0.25) is 9.59 Å². The van der Waals surface area contributed by atoms with E-state index >= 15 is 0 Å². The maximum absolute atomic E-state index is 11.7. The molecule has 4 N–H and O–H groups in total. The van der Waals surface area contributed by atoms with Crippen LogP contribution in [0.15, 0.2) is 24.4 Å². The molecule has 2 aromatic rings. The number of aromatic amines is 1. The van der Waals surface area contributed by atoms with Gasteiger partial charge in [0.15, 0.2) is 5.69 Å². The molecule has 2 amide bonds. The second-order valence-corrected chi connectivity index (χ2v) is 3.78. The first-order chi connectivity index (χ1) is 8.58. The quantitative estimate of drug-likeness (QED) is 0.762. The monoisotopic (exact) mass is 265 g/mol. The number of H-pyrrole nitrogens is 1. The number of primary amides is 1. The fraction of sp³-hybridized carbons (Fsp3) is 0. The molecule has 0 bridgehead atoms. The number of aromatic nitrogens is 3. The minimum atomic E-state index is -0.669. The fourth-order valence-electron chi connectivity index (χ4n) is 1.30. The maximum atomic E-state index is 11.7. The first-order valence-electron chi connectivity index (χ1n) is 4.84. The number of hydrogen-bond acceptors (Lipinski definition) is 4. The third-order valence-electron chi connectivity index (χ3n) is 2.14. The van der Waals surface area contributed by atoms with Crippen molar-refractivity contribution in [2.24, 2.45) is 5.73 Å². The molecule has 0 fully saturated rings. The molecule has 0 unspecified atom stereocenters. The third kappa shape index (κ3) is 2.46. The number of hydrogen-bond donors (Lipinski definition) is 3. The number of carbonyl (C=O) groups excluding carboxylic acids is 2. The van der Waals surface area contributed by atoms with Crippen LogP contribution in [-0.4, -0.2) is 27.2 Å². The van der Waals surface area contributed by atoms with Crippen molar-refractivity contribution < 1.29 is 9.59 Å². The Bertz CT molecular complexity index is 596. The summed E-state index contributed by atoms with van der Waals surface area (Å²) in [5, 5.41) is 12.2. The maximum Gasteiger partial charge on any atom is 0.277 e. The Labute approximate surface area is 106 Å². The van der Waals surface area contributed by atoms with Gasteiger partial charge in [-0.2, -0.15) is 15.4 Å². The smallest absolute Gasteiger partial charge is 0.277 e. The van der Waals surface area contributed by atoms with E-state index in [0.29, 0.717) is 5.69 Å². The Morgan fingerprint density at radius 1 is 1.39 bits per heavy atom. The highest BCUT2D eigenvalue weighted by molar-refractivity contribution is 6.34. The van der Waals surface area contributed by atoms with E-state index in [0.717, 1.165) is 0 Å². The molecule has 1 heterocycles. The molecule has 0 spiro atoms. The number of rotatable bonds is 3. The molecule has 0 atom stereocenters. The molecule has 0 radical (unpaired) electrons. The van der Waals surface area contributed by atoms with Gasteiger partial charge in [0.05, 0.1) is 16.8 Å². The Balaban J connectivity index is 2.22. The summed E-state index contributed by atoms with van der Waals surface area (Å²) in [6.45, 7) is 0. The van der Waals surface area contributed by atoms with Gasteiger partial charge >= 0.3 is 0 Å². The summed E-state index contributed by atoms with van der Waals surface area (Å²) in [4.78, 5) is 22.7. The summed E-state index contributed by atoms with van der Waals surface area (Å²) in [6, 6.07) is 4.41. The number of halogens is 1. The first-order valence-corrected chi connectivity index (χ1v) is 5.22. The molecule has 92 valence electrons. The Morgan fingerprint density at radius 3 is 2.78 bits per heavy atom. The van der Waals surface area contributed by atoms with Crippen molar-refractivity contribution >= 4 is 29.1 Å². The van der Waals surface area contributed by atoms with Crippen LogP contribution in [-0.2, 0) is 0 Å². The molecule has 7 nitrogen and oxygen atoms in total. The van der Waals surface area contributed by atoms with E-state index < -0.39 is 11.8 Å². The largest absolute Gasteiger partial charge is 0.366 e. The fourth-order valence-corrected chi connectivity index (χ4v) is 1.51. The standard InChI is InChI=1S/C10H8ClN5O2/c11-7-2-1-5(3-6(7)9(12)17)14-10(18)8-4-13-16-15-8/h1-4H,(H2,12,17)(H,14,18)(H,13,15,16). The van der Waals surface area contributed by atoms with Gasteiger partial charge in [-0.15, -0.1) is 0 Å². The summed E-state index contributed by atoms with van der Waals surface area (Å²) in [6.07, 6.45) is 1.28. The van der Waals surface area contributed by atoms with Crippen LogP contribution < -0.4 is 11.1 Å². The van der Waals surface area contributed by atoms with Gasteiger partial charge in [-0.05, 0) is 18.2 Å². The summed E-state index contributed by atoms with van der Waals surface area (Å²) in [5.74, 6) is -1.13.